The van der Waals surface area contributed by atoms with E-state index in [1.54, 1.807) is 37.5 Å². The van der Waals surface area contributed by atoms with Crippen LogP contribution in [0.15, 0.2) is 36.7 Å². The normalized spacial score (nSPS) is 12.4. The Morgan fingerprint density at radius 2 is 1.95 bits per heavy atom. The van der Waals surface area contributed by atoms with E-state index >= 15 is 0 Å². The highest BCUT2D eigenvalue weighted by atomic mass is 35.5. The molecule has 0 aliphatic heterocycles. The molecule has 0 bridgehead atoms. The second-order valence-electron chi connectivity index (χ2n) is 4.14. The first kappa shape index (κ1) is 14.3. The molecule has 1 atom stereocenters. The molecule has 0 aliphatic carbocycles. The fourth-order valence-electron chi connectivity index (χ4n) is 1.97. The minimum Gasteiger partial charge on any atom is -0.313 e. The first-order valence-electron chi connectivity index (χ1n) is 5.83. The van der Waals surface area contributed by atoms with Gasteiger partial charge in [0.2, 0.25) is 0 Å². The molecule has 1 aromatic carbocycles. The van der Waals surface area contributed by atoms with E-state index in [-0.39, 0.29) is 11.9 Å². The van der Waals surface area contributed by atoms with Crippen molar-refractivity contribution < 1.29 is 4.39 Å². The van der Waals surface area contributed by atoms with E-state index in [0.29, 0.717) is 22.0 Å². The second kappa shape index (κ2) is 6.33. The van der Waals surface area contributed by atoms with Crippen molar-refractivity contribution >= 4 is 23.2 Å². The van der Waals surface area contributed by atoms with Crippen molar-refractivity contribution in [3.63, 3.8) is 0 Å². The molecule has 1 aromatic heterocycles. The van der Waals surface area contributed by atoms with Crippen molar-refractivity contribution in [2.45, 2.75) is 12.5 Å². The van der Waals surface area contributed by atoms with Crippen molar-refractivity contribution in [3.05, 3.63) is 63.6 Å². The lowest BCUT2D eigenvalue weighted by atomic mass is 9.99. The van der Waals surface area contributed by atoms with Gasteiger partial charge in [-0.25, -0.2) is 4.39 Å². The summed E-state index contributed by atoms with van der Waals surface area (Å²) < 4.78 is 13.8. The Labute approximate surface area is 121 Å². The number of hydrogen-bond acceptors (Lipinski definition) is 2. The number of halogens is 3. The van der Waals surface area contributed by atoms with Crippen molar-refractivity contribution in [2.24, 2.45) is 0 Å². The summed E-state index contributed by atoms with van der Waals surface area (Å²) in [6.45, 7) is 0. The van der Waals surface area contributed by atoms with Crippen molar-refractivity contribution in [1.29, 1.82) is 0 Å². The zero-order chi connectivity index (χ0) is 13.8. The second-order valence-corrected chi connectivity index (χ2v) is 4.96. The predicted octanol–water partition coefficient (Wildman–Crippen LogP) is 4.03. The Morgan fingerprint density at radius 3 is 2.53 bits per heavy atom. The predicted molar refractivity (Wildman–Crippen MR) is 76.2 cm³/mol. The number of pyridine rings is 1. The molecule has 0 amide bonds. The summed E-state index contributed by atoms with van der Waals surface area (Å²) in [5.41, 5.74) is 1.36. The molecular formula is C14H13Cl2FN2. The summed E-state index contributed by atoms with van der Waals surface area (Å²) >= 11 is 12.3. The highest BCUT2D eigenvalue weighted by molar-refractivity contribution is 6.36. The molecule has 0 spiro atoms. The van der Waals surface area contributed by atoms with Crippen LogP contribution in [0.25, 0.3) is 0 Å². The van der Waals surface area contributed by atoms with Gasteiger partial charge in [-0.15, -0.1) is 0 Å². The largest absolute Gasteiger partial charge is 0.313 e. The van der Waals surface area contributed by atoms with Crippen molar-refractivity contribution in [3.8, 4) is 0 Å². The molecule has 0 aliphatic rings. The van der Waals surface area contributed by atoms with Gasteiger partial charge in [-0.3, -0.25) is 4.98 Å². The van der Waals surface area contributed by atoms with Gasteiger partial charge < -0.3 is 5.32 Å². The van der Waals surface area contributed by atoms with E-state index in [0.717, 1.165) is 5.56 Å². The molecule has 100 valence electrons. The topological polar surface area (TPSA) is 24.9 Å². The van der Waals surface area contributed by atoms with Gasteiger partial charge in [0, 0.05) is 27.8 Å². The molecular weight excluding hydrogens is 286 g/mol. The van der Waals surface area contributed by atoms with E-state index in [4.69, 9.17) is 23.2 Å². The molecule has 2 nitrogen and oxygen atoms in total. The molecule has 0 saturated heterocycles. The Hall–Kier alpha value is -1.16. The van der Waals surface area contributed by atoms with E-state index in [1.807, 2.05) is 0 Å². The van der Waals surface area contributed by atoms with Crippen LogP contribution in [0, 0.1) is 5.82 Å². The van der Waals surface area contributed by atoms with E-state index in [2.05, 4.69) is 10.3 Å². The van der Waals surface area contributed by atoms with Crippen molar-refractivity contribution in [2.75, 3.05) is 7.05 Å². The standard InChI is InChI=1S/C14H13Cl2FN2/c1-18-14(9-5-6-19-8-13(9)17)7-10-11(15)3-2-4-12(10)16/h2-6,8,14,18H,7H2,1H3. The average Bonchev–Trinajstić information content (AvgIpc) is 2.40. The molecule has 1 unspecified atom stereocenters. The number of hydrogen-bond donors (Lipinski definition) is 1. The fraction of sp³-hybridized carbons (Fsp3) is 0.214. The van der Waals surface area contributed by atoms with Crippen LogP contribution < -0.4 is 5.32 Å². The van der Waals surface area contributed by atoms with Crippen molar-refractivity contribution in [1.82, 2.24) is 10.3 Å². The average molecular weight is 299 g/mol. The Balaban J connectivity index is 2.32. The minimum atomic E-state index is -0.343. The number of benzene rings is 1. The third-order valence-electron chi connectivity index (χ3n) is 3.00. The Kier molecular flexibility index (Phi) is 4.75. The summed E-state index contributed by atoms with van der Waals surface area (Å²) in [4.78, 5) is 3.75. The van der Waals surface area contributed by atoms with Gasteiger partial charge in [0.05, 0.1) is 6.20 Å². The Bertz CT molecular complexity index is 555. The first-order chi connectivity index (χ1) is 9.13. The number of aromatic nitrogens is 1. The summed E-state index contributed by atoms with van der Waals surface area (Å²) in [5, 5.41) is 4.25. The van der Waals surface area contributed by atoms with Crippen LogP contribution in [0.4, 0.5) is 4.39 Å². The highest BCUT2D eigenvalue weighted by Gasteiger charge is 2.17. The molecule has 1 heterocycles. The van der Waals surface area contributed by atoms with Crippen LogP contribution in [-0.2, 0) is 6.42 Å². The molecule has 19 heavy (non-hydrogen) atoms. The fourth-order valence-corrected chi connectivity index (χ4v) is 2.52. The third-order valence-corrected chi connectivity index (χ3v) is 3.71. The van der Waals surface area contributed by atoms with Gasteiger partial charge >= 0.3 is 0 Å². The quantitative estimate of drug-likeness (QED) is 0.922. The van der Waals surface area contributed by atoms with E-state index < -0.39 is 0 Å². The summed E-state index contributed by atoms with van der Waals surface area (Å²) in [6.07, 6.45) is 3.28. The van der Waals surface area contributed by atoms with Gasteiger partial charge in [-0.2, -0.15) is 0 Å². The third kappa shape index (κ3) is 3.24. The lowest BCUT2D eigenvalue weighted by molar-refractivity contribution is 0.530. The summed E-state index contributed by atoms with van der Waals surface area (Å²) in [5.74, 6) is -0.343. The van der Waals surface area contributed by atoms with E-state index in [9.17, 15) is 4.39 Å². The van der Waals surface area contributed by atoms with E-state index in [1.165, 1.54) is 6.20 Å². The minimum absolute atomic E-state index is 0.208. The van der Waals surface area contributed by atoms with Crippen LogP contribution in [0.2, 0.25) is 10.0 Å². The van der Waals surface area contributed by atoms with Crippen LogP contribution in [0.3, 0.4) is 0 Å². The maximum absolute atomic E-state index is 13.8. The lowest BCUT2D eigenvalue weighted by Gasteiger charge is -2.18. The lowest BCUT2D eigenvalue weighted by Crippen LogP contribution is -2.20. The maximum atomic E-state index is 13.8. The number of nitrogens with zero attached hydrogens (tertiary/aromatic N) is 1. The number of likely N-dealkylation sites (N-methyl/N-ethyl adjacent to an activating group) is 1. The monoisotopic (exact) mass is 298 g/mol. The number of rotatable bonds is 4. The smallest absolute Gasteiger partial charge is 0.146 e. The first-order valence-corrected chi connectivity index (χ1v) is 6.58. The van der Waals surface area contributed by atoms with Gasteiger partial charge in [-0.05, 0) is 37.2 Å². The molecule has 0 fully saturated rings. The molecule has 2 rings (SSSR count). The van der Waals surface area contributed by atoms with Gasteiger partial charge in [0.15, 0.2) is 0 Å². The summed E-state index contributed by atoms with van der Waals surface area (Å²) in [7, 11) is 1.77. The molecule has 1 N–H and O–H groups in total. The van der Waals surface area contributed by atoms with Crippen LogP contribution in [0.1, 0.15) is 17.2 Å². The zero-order valence-electron chi connectivity index (χ0n) is 10.3. The molecule has 0 saturated carbocycles. The van der Waals surface area contributed by atoms with Gasteiger partial charge in [0.1, 0.15) is 5.82 Å². The SMILES string of the molecule is CNC(Cc1c(Cl)cccc1Cl)c1ccncc1F. The highest BCUT2D eigenvalue weighted by Crippen LogP contribution is 2.29. The number of nitrogens with one attached hydrogen (secondary N) is 1. The van der Waals surface area contributed by atoms with Crippen LogP contribution in [0.5, 0.6) is 0 Å². The van der Waals surface area contributed by atoms with Gasteiger partial charge in [-0.1, -0.05) is 29.3 Å². The van der Waals surface area contributed by atoms with Gasteiger partial charge in [0.25, 0.3) is 0 Å². The molecule has 0 radical (unpaired) electrons. The molecule has 2 aromatic rings. The van der Waals surface area contributed by atoms with Crippen LogP contribution in [-0.4, -0.2) is 12.0 Å². The Morgan fingerprint density at radius 1 is 1.26 bits per heavy atom. The molecule has 5 heteroatoms. The van der Waals surface area contributed by atoms with Crippen LogP contribution >= 0.6 is 23.2 Å². The zero-order valence-corrected chi connectivity index (χ0v) is 11.8. The summed E-state index contributed by atoms with van der Waals surface area (Å²) in [6, 6.07) is 6.79. The maximum Gasteiger partial charge on any atom is 0.146 e.